The van der Waals surface area contributed by atoms with Gasteiger partial charge in [-0.2, -0.15) is 0 Å². The van der Waals surface area contributed by atoms with E-state index in [1.807, 2.05) is 43.5 Å². The van der Waals surface area contributed by atoms with Crippen LogP contribution in [-0.4, -0.2) is 41.0 Å². The van der Waals surface area contributed by atoms with Gasteiger partial charge in [-0.3, -0.25) is 9.59 Å². The van der Waals surface area contributed by atoms with Crippen LogP contribution in [0.1, 0.15) is 41.7 Å². The number of Topliss-reactive ketones (excluding diaryl/α,β-unsaturated/α-hetero) is 1. The molecule has 162 valence electrons. The predicted molar refractivity (Wildman–Crippen MR) is 122 cm³/mol. The first-order valence-electron chi connectivity index (χ1n) is 9.99. The summed E-state index contributed by atoms with van der Waals surface area (Å²) in [5.41, 5.74) is 0.613. The maximum absolute atomic E-state index is 13.4. The zero-order valence-electron chi connectivity index (χ0n) is 17.1. The summed E-state index contributed by atoms with van der Waals surface area (Å²) < 4.78 is 12.2. The summed E-state index contributed by atoms with van der Waals surface area (Å²) in [5, 5.41) is 13.3. The maximum atomic E-state index is 13.4. The third-order valence-corrected chi connectivity index (χ3v) is 6.48. The number of hydrogen-bond donors (Lipinski definition) is 1. The van der Waals surface area contributed by atoms with Crippen LogP contribution >= 0.6 is 27.3 Å². The number of nitrogens with zero attached hydrogens (tertiary/aromatic N) is 1. The molecule has 0 spiro atoms. The van der Waals surface area contributed by atoms with Gasteiger partial charge in [0.25, 0.3) is 5.91 Å². The van der Waals surface area contributed by atoms with E-state index in [9.17, 15) is 14.7 Å². The quantitative estimate of drug-likeness (QED) is 0.317. The molecule has 8 heteroatoms. The number of rotatable bonds is 8. The number of ketones is 1. The first-order valence-corrected chi connectivity index (χ1v) is 11.7. The van der Waals surface area contributed by atoms with E-state index in [4.69, 9.17) is 9.15 Å². The monoisotopic (exact) mass is 503 g/mol. The van der Waals surface area contributed by atoms with Crippen LogP contribution in [-0.2, 0) is 9.53 Å². The number of benzene rings is 1. The number of halogens is 1. The molecule has 0 saturated carbocycles. The Morgan fingerprint density at radius 2 is 2.13 bits per heavy atom. The first-order chi connectivity index (χ1) is 14.9. The third kappa shape index (κ3) is 4.33. The molecule has 6 nitrogen and oxygen atoms in total. The lowest BCUT2D eigenvalue weighted by Gasteiger charge is -2.25. The normalized spacial score (nSPS) is 16.8. The number of carbonyl (C=O) groups is 2. The van der Waals surface area contributed by atoms with Gasteiger partial charge in [-0.15, -0.1) is 11.3 Å². The molecule has 1 N–H and O–H groups in total. The Kier molecular flexibility index (Phi) is 6.31. The number of carbonyl (C=O) groups excluding carboxylic acids is 2. The van der Waals surface area contributed by atoms with Crippen molar-refractivity contribution in [2.45, 2.75) is 32.4 Å². The molecule has 0 bridgehead atoms. The molecule has 1 unspecified atom stereocenters. The zero-order chi connectivity index (χ0) is 22.1. The second-order valence-electron chi connectivity index (χ2n) is 7.57. The minimum atomic E-state index is -0.654. The number of furan rings is 1. The van der Waals surface area contributed by atoms with E-state index in [-0.39, 0.29) is 17.4 Å². The standard InChI is InChI=1S/C23H22BrNO5S/c1-13(2)29-9-4-8-25-20(18-5-3-10-31-18)19(22(27)23(25)28)21(26)17-12-14-11-15(24)6-7-16(14)30-17/h3,5-7,10-13,20,27H,4,8-9H2,1-2H3. The van der Waals surface area contributed by atoms with Gasteiger partial charge in [0.05, 0.1) is 17.7 Å². The molecule has 1 amide bonds. The predicted octanol–water partition coefficient (Wildman–Crippen LogP) is 5.65. The Labute approximate surface area is 192 Å². The lowest BCUT2D eigenvalue weighted by Crippen LogP contribution is -2.32. The van der Waals surface area contributed by atoms with Crippen molar-refractivity contribution in [1.29, 1.82) is 0 Å². The molecule has 31 heavy (non-hydrogen) atoms. The van der Waals surface area contributed by atoms with E-state index in [0.29, 0.717) is 25.2 Å². The van der Waals surface area contributed by atoms with Gasteiger partial charge in [-0.1, -0.05) is 22.0 Å². The molecule has 3 aromatic rings. The van der Waals surface area contributed by atoms with Crippen molar-refractivity contribution in [2.75, 3.05) is 13.2 Å². The molecule has 4 rings (SSSR count). The average Bonchev–Trinajstić information content (AvgIpc) is 3.44. The van der Waals surface area contributed by atoms with Crippen molar-refractivity contribution in [3.05, 3.63) is 68.2 Å². The van der Waals surface area contributed by atoms with Crippen LogP contribution in [0.3, 0.4) is 0 Å². The van der Waals surface area contributed by atoms with E-state index >= 15 is 0 Å². The Balaban J connectivity index is 1.66. The SMILES string of the molecule is CC(C)OCCCN1C(=O)C(O)=C(C(=O)c2cc3cc(Br)ccc3o2)C1c1cccs1. The second-order valence-corrected chi connectivity index (χ2v) is 9.47. The summed E-state index contributed by atoms with van der Waals surface area (Å²) in [6, 6.07) is 10.1. The van der Waals surface area contributed by atoms with Crippen molar-refractivity contribution in [2.24, 2.45) is 0 Å². The van der Waals surface area contributed by atoms with Crippen LogP contribution < -0.4 is 0 Å². The molecule has 0 fully saturated rings. The van der Waals surface area contributed by atoms with E-state index in [2.05, 4.69) is 15.9 Å². The molecule has 1 aliphatic heterocycles. The summed E-state index contributed by atoms with van der Waals surface area (Å²) in [5.74, 6) is -1.47. The molecule has 1 aliphatic rings. The molecular weight excluding hydrogens is 482 g/mol. The summed E-state index contributed by atoms with van der Waals surface area (Å²) in [6.45, 7) is 4.75. The lowest BCUT2D eigenvalue weighted by molar-refractivity contribution is -0.129. The minimum Gasteiger partial charge on any atom is -0.503 e. The number of aliphatic hydroxyl groups excluding tert-OH is 1. The van der Waals surface area contributed by atoms with Crippen molar-refractivity contribution in [1.82, 2.24) is 4.90 Å². The van der Waals surface area contributed by atoms with Crippen molar-refractivity contribution in [3.8, 4) is 0 Å². The van der Waals surface area contributed by atoms with E-state index < -0.39 is 23.5 Å². The topological polar surface area (TPSA) is 80.0 Å². The fourth-order valence-corrected chi connectivity index (χ4v) is 4.90. The fourth-order valence-electron chi connectivity index (χ4n) is 3.67. The lowest BCUT2D eigenvalue weighted by atomic mass is 10.00. The molecule has 0 radical (unpaired) electrons. The van der Waals surface area contributed by atoms with Gasteiger partial charge in [0.15, 0.2) is 11.5 Å². The van der Waals surface area contributed by atoms with E-state index in [1.54, 1.807) is 12.1 Å². The minimum absolute atomic E-state index is 0.0512. The Bertz CT molecular complexity index is 1150. The fraction of sp³-hybridized carbons (Fsp3) is 0.304. The summed E-state index contributed by atoms with van der Waals surface area (Å²) in [6.07, 6.45) is 0.693. The Morgan fingerprint density at radius 3 is 2.84 bits per heavy atom. The molecular formula is C23H22BrNO5S. The van der Waals surface area contributed by atoms with Crippen LogP contribution in [0.25, 0.3) is 11.0 Å². The van der Waals surface area contributed by atoms with Gasteiger partial charge in [0.2, 0.25) is 5.78 Å². The molecule has 2 aromatic heterocycles. The summed E-state index contributed by atoms with van der Waals surface area (Å²) in [7, 11) is 0. The zero-order valence-corrected chi connectivity index (χ0v) is 19.5. The highest BCUT2D eigenvalue weighted by Gasteiger charge is 2.44. The molecule has 3 heterocycles. The number of fused-ring (bicyclic) bond motifs is 1. The molecule has 0 aliphatic carbocycles. The van der Waals surface area contributed by atoms with Gasteiger partial charge in [-0.25, -0.2) is 0 Å². The van der Waals surface area contributed by atoms with Crippen LogP contribution in [0, 0.1) is 0 Å². The van der Waals surface area contributed by atoms with E-state index in [1.165, 1.54) is 16.2 Å². The van der Waals surface area contributed by atoms with Crippen LogP contribution in [0.4, 0.5) is 0 Å². The van der Waals surface area contributed by atoms with Gasteiger partial charge < -0.3 is 19.2 Å². The highest BCUT2D eigenvalue weighted by Crippen LogP contribution is 2.41. The maximum Gasteiger partial charge on any atom is 0.290 e. The van der Waals surface area contributed by atoms with Crippen molar-refractivity contribution < 1.29 is 23.8 Å². The van der Waals surface area contributed by atoms with Crippen LogP contribution in [0.15, 0.2) is 62.0 Å². The van der Waals surface area contributed by atoms with Crippen molar-refractivity contribution in [3.63, 3.8) is 0 Å². The highest BCUT2D eigenvalue weighted by atomic mass is 79.9. The van der Waals surface area contributed by atoms with E-state index in [0.717, 1.165) is 14.7 Å². The Morgan fingerprint density at radius 1 is 1.32 bits per heavy atom. The molecule has 1 atom stereocenters. The van der Waals surface area contributed by atoms with Crippen LogP contribution in [0.2, 0.25) is 0 Å². The largest absolute Gasteiger partial charge is 0.503 e. The summed E-state index contributed by atoms with van der Waals surface area (Å²) >= 11 is 4.84. The van der Waals surface area contributed by atoms with Gasteiger partial charge in [0, 0.05) is 27.9 Å². The highest BCUT2D eigenvalue weighted by molar-refractivity contribution is 9.10. The van der Waals surface area contributed by atoms with Gasteiger partial charge in [-0.05, 0) is 56.0 Å². The van der Waals surface area contributed by atoms with Crippen LogP contribution in [0.5, 0.6) is 0 Å². The first kappa shape index (κ1) is 21.8. The molecule has 0 saturated heterocycles. The second kappa shape index (κ2) is 8.98. The summed E-state index contributed by atoms with van der Waals surface area (Å²) in [4.78, 5) is 28.6. The number of ether oxygens (including phenoxy) is 1. The molecule has 1 aromatic carbocycles. The third-order valence-electron chi connectivity index (χ3n) is 5.06. The van der Waals surface area contributed by atoms with Gasteiger partial charge >= 0.3 is 0 Å². The Hall–Kier alpha value is -2.42. The van der Waals surface area contributed by atoms with Crippen molar-refractivity contribution >= 4 is 49.9 Å². The number of amides is 1. The number of thiophene rings is 1. The van der Waals surface area contributed by atoms with Gasteiger partial charge in [0.1, 0.15) is 5.58 Å². The number of aliphatic hydroxyl groups is 1. The number of hydrogen-bond acceptors (Lipinski definition) is 6. The average molecular weight is 504 g/mol. The smallest absolute Gasteiger partial charge is 0.290 e.